The second-order valence-electron chi connectivity index (χ2n) is 4.21. The summed E-state index contributed by atoms with van der Waals surface area (Å²) in [4.78, 5) is 10.7. The highest BCUT2D eigenvalue weighted by Crippen LogP contribution is 2.29. The van der Waals surface area contributed by atoms with E-state index in [-0.39, 0.29) is 11.8 Å². The molecule has 8 nitrogen and oxygen atoms in total. The predicted octanol–water partition coefficient (Wildman–Crippen LogP) is 1.05. The van der Waals surface area contributed by atoms with Crippen LogP contribution in [-0.2, 0) is 11.8 Å². The molecule has 1 aliphatic heterocycles. The summed E-state index contributed by atoms with van der Waals surface area (Å²) in [5, 5.41) is 14.2. The van der Waals surface area contributed by atoms with Gasteiger partial charge in [0, 0.05) is 18.7 Å². The van der Waals surface area contributed by atoms with E-state index >= 15 is 0 Å². The van der Waals surface area contributed by atoms with E-state index in [0.29, 0.717) is 30.4 Å². The van der Waals surface area contributed by atoms with E-state index in [4.69, 9.17) is 9.47 Å². The molecule has 1 saturated heterocycles. The molecule has 0 bridgehead atoms. The molecule has 2 aromatic rings. The maximum atomic E-state index is 10.7. The third-order valence-corrected chi connectivity index (χ3v) is 2.79. The summed E-state index contributed by atoms with van der Waals surface area (Å²) in [5.74, 6) is 1.10. The fourth-order valence-electron chi connectivity index (χ4n) is 1.78. The van der Waals surface area contributed by atoms with E-state index in [1.165, 1.54) is 4.68 Å². The van der Waals surface area contributed by atoms with Gasteiger partial charge in [0.1, 0.15) is 17.5 Å². The fraction of sp³-hybridized carbons (Fsp3) is 0.364. The first-order chi connectivity index (χ1) is 9.26. The van der Waals surface area contributed by atoms with Crippen molar-refractivity contribution >= 4 is 5.69 Å². The number of rotatable bonds is 4. The van der Waals surface area contributed by atoms with E-state index < -0.39 is 0 Å². The van der Waals surface area contributed by atoms with Crippen LogP contribution < -0.4 is 4.74 Å². The Morgan fingerprint density at radius 1 is 1.42 bits per heavy atom. The molecule has 98 valence electrons. The van der Waals surface area contributed by atoms with Crippen LogP contribution in [0.4, 0.5) is 5.69 Å². The quantitative estimate of drug-likeness (QED) is 0.764. The van der Waals surface area contributed by atoms with Gasteiger partial charge in [0.05, 0.1) is 13.2 Å². The average molecular weight is 261 g/mol. The van der Waals surface area contributed by atoms with Gasteiger partial charge in [0.25, 0.3) is 0 Å². The van der Waals surface area contributed by atoms with Gasteiger partial charge >= 0.3 is 0 Å². The molecular formula is C11H11N5O3. The molecule has 0 amide bonds. The number of ether oxygens (including phenoxy) is 2. The van der Waals surface area contributed by atoms with Gasteiger partial charge in [-0.25, -0.2) is 4.68 Å². The minimum atomic E-state index is 0.0207. The lowest BCUT2D eigenvalue weighted by atomic mass is 10.1. The van der Waals surface area contributed by atoms with Crippen molar-refractivity contribution in [2.75, 3.05) is 13.2 Å². The largest absolute Gasteiger partial charge is 0.485 e. The van der Waals surface area contributed by atoms with E-state index in [1.807, 2.05) is 0 Å². The number of hydrogen-bond acceptors (Lipinski definition) is 7. The highest BCUT2D eigenvalue weighted by Gasteiger charge is 2.21. The first-order valence-electron chi connectivity index (χ1n) is 5.72. The number of hydrogen-bond donors (Lipinski definition) is 0. The van der Waals surface area contributed by atoms with E-state index in [1.54, 1.807) is 25.2 Å². The van der Waals surface area contributed by atoms with Gasteiger partial charge < -0.3 is 9.47 Å². The van der Waals surface area contributed by atoms with Crippen molar-refractivity contribution in [3.05, 3.63) is 23.1 Å². The van der Waals surface area contributed by atoms with Crippen LogP contribution in [0.25, 0.3) is 11.4 Å². The van der Waals surface area contributed by atoms with Crippen LogP contribution in [0.2, 0.25) is 0 Å². The highest BCUT2D eigenvalue weighted by atomic mass is 16.6. The van der Waals surface area contributed by atoms with Crippen LogP contribution in [0, 0.1) is 4.91 Å². The van der Waals surface area contributed by atoms with Crippen molar-refractivity contribution in [3.8, 4) is 17.1 Å². The molecule has 0 atom stereocenters. The van der Waals surface area contributed by atoms with Crippen molar-refractivity contribution in [2.45, 2.75) is 6.10 Å². The minimum Gasteiger partial charge on any atom is -0.485 e. The fourth-order valence-corrected chi connectivity index (χ4v) is 1.78. The Hall–Kier alpha value is -2.35. The Morgan fingerprint density at radius 3 is 2.84 bits per heavy atom. The molecule has 8 heteroatoms. The van der Waals surface area contributed by atoms with Crippen molar-refractivity contribution in [1.82, 2.24) is 20.2 Å². The highest BCUT2D eigenvalue weighted by molar-refractivity contribution is 5.64. The Labute approximate surface area is 108 Å². The first kappa shape index (κ1) is 11.7. The molecule has 19 heavy (non-hydrogen) atoms. The molecule has 0 aliphatic carbocycles. The third kappa shape index (κ3) is 2.29. The molecule has 1 aromatic carbocycles. The molecule has 1 aromatic heterocycles. The number of benzene rings is 1. The van der Waals surface area contributed by atoms with Crippen LogP contribution in [0.5, 0.6) is 5.75 Å². The van der Waals surface area contributed by atoms with Crippen LogP contribution in [0.15, 0.2) is 23.4 Å². The second kappa shape index (κ2) is 4.73. The van der Waals surface area contributed by atoms with Gasteiger partial charge in [-0.2, -0.15) is 0 Å². The standard InChI is InChI=1S/C11H11N5O3/c1-16-11(12-14-15-16)7-2-8(13-17)4-9(3-7)19-10-5-18-6-10/h2-4,10H,5-6H2,1H3. The maximum Gasteiger partial charge on any atom is 0.181 e. The summed E-state index contributed by atoms with van der Waals surface area (Å²) in [6, 6.07) is 4.97. The second-order valence-corrected chi connectivity index (χ2v) is 4.21. The number of aromatic nitrogens is 4. The summed E-state index contributed by atoms with van der Waals surface area (Å²) in [7, 11) is 1.72. The molecule has 0 radical (unpaired) electrons. The van der Waals surface area contributed by atoms with Gasteiger partial charge in [0.15, 0.2) is 5.82 Å². The molecule has 0 unspecified atom stereocenters. The lowest BCUT2D eigenvalue weighted by Gasteiger charge is -2.26. The number of nitroso groups, excluding NO2 is 1. The zero-order valence-electron chi connectivity index (χ0n) is 10.2. The van der Waals surface area contributed by atoms with Gasteiger partial charge in [0.2, 0.25) is 0 Å². The molecule has 0 spiro atoms. The summed E-state index contributed by atoms with van der Waals surface area (Å²) in [6.45, 7) is 1.11. The lowest BCUT2D eigenvalue weighted by molar-refractivity contribution is -0.0796. The number of tetrazole rings is 1. The number of aryl methyl sites for hydroxylation is 1. The number of nitrogens with zero attached hydrogens (tertiary/aromatic N) is 5. The smallest absolute Gasteiger partial charge is 0.181 e. The molecular weight excluding hydrogens is 250 g/mol. The van der Waals surface area contributed by atoms with Gasteiger partial charge in [-0.3, -0.25) is 0 Å². The van der Waals surface area contributed by atoms with Crippen molar-refractivity contribution in [2.24, 2.45) is 12.2 Å². The molecule has 1 fully saturated rings. The van der Waals surface area contributed by atoms with Crippen LogP contribution in [0.1, 0.15) is 0 Å². The average Bonchev–Trinajstić information content (AvgIpc) is 2.80. The van der Waals surface area contributed by atoms with Gasteiger partial charge in [-0.05, 0) is 27.7 Å². The van der Waals surface area contributed by atoms with E-state index in [9.17, 15) is 4.91 Å². The summed E-state index contributed by atoms with van der Waals surface area (Å²) in [6.07, 6.45) is 0.0207. The summed E-state index contributed by atoms with van der Waals surface area (Å²) >= 11 is 0. The topological polar surface area (TPSA) is 91.5 Å². The Bertz CT molecular complexity index is 608. The van der Waals surface area contributed by atoms with E-state index in [0.717, 1.165) is 0 Å². The summed E-state index contributed by atoms with van der Waals surface area (Å²) < 4.78 is 12.2. The third-order valence-electron chi connectivity index (χ3n) is 2.79. The van der Waals surface area contributed by atoms with Gasteiger partial charge in [-0.1, -0.05) is 0 Å². The van der Waals surface area contributed by atoms with Gasteiger partial charge in [-0.15, -0.1) is 10.0 Å². The van der Waals surface area contributed by atoms with Crippen LogP contribution in [0.3, 0.4) is 0 Å². The Kier molecular flexibility index (Phi) is 2.92. The van der Waals surface area contributed by atoms with Crippen molar-refractivity contribution in [3.63, 3.8) is 0 Å². The summed E-state index contributed by atoms with van der Waals surface area (Å²) in [5.41, 5.74) is 0.954. The van der Waals surface area contributed by atoms with Crippen molar-refractivity contribution in [1.29, 1.82) is 0 Å². The Balaban J connectivity index is 1.96. The molecule has 3 rings (SSSR count). The molecule has 2 heterocycles. The predicted molar refractivity (Wildman–Crippen MR) is 64.9 cm³/mol. The maximum absolute atomic E-state index is 10.7. The lowest BCUT2D eigenvalue weighted by Crippen LogP contribution is -2.38. The Morgan fingerprint density at radius 2 is 2.26 bits per heavy atom. The van der Waals surface area contributed by atoms with Crippen molar-refractivity contribution < 1.29 is 9.47 Å². The zero-order chi connectivity index (χ0) is 13.2. The first-order valence-corrected chi connectivity index (χ1v) is 5.72. The zero-order valence-corrected chi connectivity index (χ0v) is 10.2. The molecule has 0 N–H and O–H groups in total. The molecule has 0 saturated carbocycles. The van der Waals surface area contributed by atoms with Crippen LogP contribution in [-0.4, -0.2) is 39.5 Å². The SMILES string of the molecule is Cn1nnnc1-c1cc(N=O)cc(OC2COC2)c1. The van der Waals surface area contributed by atoms with Crippen LogP contribution >= 0.6 is 0 Å². The monoisotopic (exact) mass is 261 g/mol. The molecule has 1 aliphatic rings. The van der Waals surface area contributed by atoms with E-state index in [2.05, 4.69) is 20.7 Å². The normalized spacial score (nSPS) is 15.0. The minimum absolute atomic E-state index is 0.0207.